The number of carbonyl (C=O) groups is 2. The maximum absolute atomic E-state index is 11.2. The van der Waals surface area contributed by atoms with Gasteiger partial charge in [0.15, 0.2) is 0 Å². The van der Waals surface area contributed by atoms with E-state index >= 15 is 0 Å². The van der Waals surface area contributed by atoms with Crippen molar-refractivity contribution in [1.29, 1.82) is 0 Å². The zero-order chi connectivity index (χ0) is 14.7. The predicted molar refractivity (Wildman–Crippen MR) is 73.8 cm³/mol. The molecule has 0 saturated carbocycles. The van der Waals surface area contributed by atoms with Gasteiger partial charge in [0.25, 0.3) is 0 Å². The topological polar surface area (TPSA) is 91.4 Å². The SMILES string of the molecule is COc1ccc2[nH]cc(CC(NC(C)=O)C(=O)O)c2c1. The van der Waals surface area contributed by atoms with Gasteiger partial charge in [0.05, 0.1) is 7.11 Å². The van der Waals surface area contributed by atoms with Crippen LogP contribution >= 0.6 is 0 Å². The first kappa shape index (κ1) is 13.9. The lowest BCUT2D eigenvalue weighted by Crippen LogP contribution is -2.41. The molecule has 20 heavy (non-hydrogen) atoms. The predicted octanol–water partition coefficient (Wildman–Crippen LogP) is 1.31. The summed E-state index contributed by atoms with van der Waals surface area (Å²) in [5.74, 6) is -0.725. The molecule has 0 radical (unpaired) electrons. The van der Waals surface area contributed by atoms with Crippen LogP contribution < -0.4 is 10.1 Å². The summed E-state index contributed by atoms with van der Waals surface area (Å²) in [5, 5.41) is 12.5. The number of carboxylic acids is 1. The zero-order valence-corrected chi connectivity index (χ0v) is 11.3. The molecule has 0 bridgehead atoms. The average Bonchev–Trinajstić information content (AvgIpc) is 2.79. The highest BCUT2D eigenvalue weighted by Crippen LogP contribution is 2.24. The Morgan fingerprint density at radius 3 is 2.80 bits per heavy atom. The van der Waals surface area contributed by atoms with Gasteiger partial charge in [0.1, 0.15) is 11.8 Å². The van der Waals surface area contributed by atoms with Crippen molar-refractivity contribution in [3.63, 3.8) is 0 Å². The molecule has 0 fully saturated rings. The lowest BCUT2D eigenvalue weighted by atomic mass is 10.0. The molecular weight excluding hydrogens is 260 g/mol. The van der Waals surface area contributed by atoms with Crippen molar-refractivity contribution in [1.82, 2.24) is 10.3 Å². The molecule has 2 aromatic rings. The van der Waals surface area contributed by atoms with E-state index in [0.29, 0.717) is 5.75 Å². The fourth-order valence-corrected chi connectivity index (χ4v) is 2.12. The van der Waals surface area contributed by atoms with Gasteiger partial charge < -0.3 is 20.1 Å². The van der Waals surface area contributed by atoms with Gasteiger partial charge in [-0.3, -0.25) is 4.79 Å². The largest absolute Gasteiger partial charge is 0.497 e. The normalized spacial score (nSPS) is 12.1. The number of ether oxygens (including phenoxy) is 1. The van der Waals surface area contributed by atoms with Crippen molar-refractivity contribution in [3.8, 4) is 5.75 Å². The molecule has 0 aliphatic carbocycles. The first-order valence-corrected chi connectivity index (χ1v) is 6.15. The van der Waals surface area contributed by atoms with Crippen LogP contribution in [-0.2, 0) is 16.0 Å². The molecule has 6 heteroatoms. The molecular formula is C14H16N2O4. The summed E-state index contributed by atoms with van der Waals surface area (Å²) < 4.78 is 5.16. The number of fused-ring (bicyclic) bond motifs is 1. The highest BCUT2D eigenvalue weighted by atomic mass is 16.5. The number of carboxylic acid groups (broad SMARTS) is 1. The minimum Gasteiger partial charge on any atom is -0.497 e. The minimum atomic E-state index is -1.06. The molecule has 1 aromatic carbocycles. The van der Waals surface area contributed by atoms with E-state index in [1.54, 1.807) is 13.3 Å². The summed E-state index contributed by atoms with van der Waals surface area (Å²) in [5.41, 5.74) is 1.72. The molecule has 6 nitrogen and oxygen atoms in total. The first-order chi connectivity index (χ1) is 9.51. The highest BCUT2D eigenvalue weighted by Gasteiger charge is 2.20. The van der Waals surface area contributed by atoms with Crippen LogP contribution in [0.25, 0.3) is 10.9 Å². The van der Waals surface area contributed by atoms with Crippen LogP contribution in [0.5, 0.6) is 5.75 Å². The Labute approximate surface area is 115 Å². The quantitative estimate of drug-likeness (QED) is 0.767. The molecule has 2 rings (SSSR count). The van der Waals surface area contributed by atoms with E-state index < -0.39 is 12.0 Å². The van der Waals surface area contributed by atoms with Gasteiger partial charge in [-0.05, 0) is 23.8 Å². The Morgan fingerprint density at radius 2 is 2.20 bits per heavy atom. The van der Waals surface area contributed by atoms with Crippen molar-refractivity contribution in [3.05, 3.63) is 30.0 Å². The van der Waals surface area contributed by atoms with Crippen LogP contribution in [-0.4, -0.2) is 35.1 Å². The number of benzene rings is 1. The highest BCUT2D eigenvalue weighted by molar-refractivity contribution is 5.87. The summed E-state index contributed by atoms with van der Waals surface area (Å²) >= 11 is 0. The molecule has 1 amide bonds. The number of carbonyl (C=O) groups excluding carboxylic acids is 1. The Bertz CT molecular complexity index is 648. The van der Waals surface area contributed by atoms with Gasteiger partial charge in [0, 0.05) is 30.4 Å². The Kier molecular flexibility index (Phi) is 3.93. The zero-order valence-electron chi connectivity index (χ0n) is 11.3. The number of aromatic amines is 1. The number of hydrogen-bond donors (Lipinski definition) is 3. The number of aromatic nitrogens is 1. The third-order valence-electron chi connectivity index (χ3n) is 3.07. The number of amides is 1. The third kappa shape index (κ3) is 2.90. The van der Waals surface area contributed by atoms with Crippen LogP contribution in [0.15, 0.2) is 24.4 Å². The second kappa shape index (κ2) is 5.64. The fourth-order valence-electron chi connectivity index (χ4n) is 2.12. The third-order valence-corrected chi connectivity index (χ3v) is 3.07. The van der Waals surface area contributed by atoms with Crippen molar-refractivity contribution >= 4 is 22.8 Å². The van der Waals surface area contributed by atoms with Crippen LogP contribution in [0.3, 0.4) is 0 Å². The van der Waals surface area contributed by atoms with Gasteiger partial charge in [0.2, 0.25) is 5.91 Å². The Morgan fingerprint density at radius 1 is 1.45 bits per heavy atom. The van der Waals surface area contributed by atoms with E-state index in [4.69, 9.17) is 9.84 Å². The number of nitrogens with one attached hydrogen (secondary N) is 2. The van der Waals surface area contributed by atoms with E-state index in [2.05, 4.69) is 10.3 Å². The summed E-state index contributed by atoms with van der Waals surface area (Å²) in [6.45, 7) is 1.30. The second-order valence-corrected chi connectivity index (χ2v) is 4.52. The van der Waals surface area contributed by atoms with Gasteiger partial charge in [-0.25, -0.2) is 4.79 Å². The molecule has 106 valence electrons. The Hall–Kier alpha value is -2.50. The van der Waals surface area contributed by atoms with E-state index in [9.17, 15) is 9.59 Å². The maximum Gasteiger partial charge on any atom is 0.326 e. The number of hydrogen-bond acceptors (Lipinski definition) is 3. The molecule has 0 spiro atoms. The molecule has 1 aromatic heterocycles. The van der Waals surface area contributed by atoms with Gasteiger partial charge in [-0.1, -0.05) is 0 Å². The molecule has 1 unspecified atom stereocenters. The molecule has 0 saturated heterocycles. The van der Waals surface area contributed by atoms with Crippen molar-refractivity contribution in [2.24, 2.45) is 0 Å². The first-order valence-electron chi connectivity index (χ1n) is 6.15. The maximum atomic E-state index is 11.2. The average molecular weight is 276 g/mol. The van der Waals surface area contributed by atoms with Crippen LogP contribution in [0.1, 0.15) is 12.5 Å². The number of aliphatic carboxylic acids is 1. The van der Waals surface area contributed by atoms with Gasteiger partial charge in [-0.2, -0.15) is 0 Å². The van der Waals surface area contributed by atoms with Crippen LogP contribution in [0.4, 0.5) is 0 Å². The standard InChI is InChI=1S/C14H16N2O4/c1-8(17)16-13(14(18)19)5-9-7-15-12-4-3-10(20-2)6-11(9)12/h3-4,6-7,13,15H,5H2,1-2H3,(H,16,17)(H,18,19). The van der Waals surface area contributed by atoms with Gasteiger partial charge >= 0.3 is 5.97 Å². The number of H-pyrrole nitrogens is 1. The second-order valence-electron chi connectivity index (χ2n) is 4.52. The van der Waals surface area contributed by atoms with Gasteiger partial charge in [-0.15, -0.1) is 0 Å². The Balaban J connectivity index is 2.31. The van der Waals surface area contributed by atoms with Crippen LogP contribution in [0, 0.1) is 0 Å². The smallest absolute Gasteiger partial charge is 0.326 e. The van der Waals surface area contributed by atoms with Crippen molar-refractivity contribution in [2.45, 2.75) is 19.4 Å². The van der Waals surface area contributed by atoms with Crippen LogP contribution in [0.2, 0.25) is 0 Å². The van der Waals surface area contributed by atoms with Crippen molar-refractivity contribution < 1.29 is 19.4 Å². The summed E-state index contributed by atoms with van der Waals surface area (Å²) in [6, 6.07) is 4.59. The van der Waals surface area contributed by atoms with E-state index in [-0.39, 0.29) is 12.3 Å². The lowest BCUT2D eigenvalue weighted by Gasteiger charge is -2.12. The lowest BCUT2D eigenvalue weighted by molar-refractivity contribution is -0.141. The number of methoxy groups -OCH3 is 1. The monoisotopic (exact) mass is 276 g/mol. The van der Waals surface area contributed by atoms with E-state index in [1.807, 2.05) is 18.2 Å². The molecule has 0 aliphatic heterocycles. The summed E-state index contributed by atoms with van der Waals surface area (Å²) in [7, 11) is 1.57. The molecule has 3 N–H and O–H groups in total. The molecule has 1 atom stereocenters. The minimum absolute atomic E-state index is 0.210. The number of rotatable bonds is 5. The molecule has 0 aliphatic rings. The van der Waals surface area contributed by atoms with Crippen molar-refractivity contribution in [2.75, 3.05) is 7.11 Å². The van der Waals surface area contributed by atoms with E-state index in [1.165, 1.54) is 6.92 Å². The summed E-state index contributed by atoms with van der Waals surface area (Å²) in [6.07, 6.45) is 1.96. The van der Waals surface area contributed by atoms with E-state index in [0.717, 1.165) is 16.5 Å². The fraction of sp³-hybridized carbons (Fsp3) is 0.286. The summed E-state index contributed by atoms with van der Waals surface area (Å²) in [4.78, 5) is 25.3. The molecule has 1 heterocycles.